The molecule has 2 N–H and O–H groups in total. The van der Waals surface area contributed by atoms with Crippen LogP contribution in [0, 0.1) is 26.7 Å². The predicted molar refractivity (Wildman–Crippen MR) is 73.3 cm³/mol. The predicted octanol–water partition coefficient (Wildman–Crippen LogP) is 2.89. The Hall–Kier alpha value is -0.860. The summed E-state index contributed by atoms with van der Waals surface area (Å²) in [7, 11) is 1.91. The van der Waals surface area contributed by atoms with Crippen LogP contribution in [0.25, 0.3) is 0 Å². The van der Waals surface area contributed by atoms with Crippen molar-refractivity contribution in [2.75, 3.05) is 7.05 Å². The van der Waals surface area contributed by atoms with Crippen LogP contribution in [0.4, 0.5) is 0 Å². The lowest BCUT2D eigenvalue weighted by molar-refractivity contribution is 0.109. The van der Waals surface area contributed by atoms with Crippen molar-refractivity contribution in [3.8, 4) is 0 Å². The summed E-state index contributed by atoms with van der Waals surface area (Å²) in [6.07, 6.45) is -0.445. The maximum atomic E-state index is 10.5. The summed E-state index contributed by atoms with van der Waals surface area (Å²) in [5, 5.41) is 13.7. The van der Waals surface area contributed by atoms with E-state index in [0.717, 1.165) is 5.56 Å². The van der Waals surface area contributed by atoms with E-state index < -0.39 is 6.10 Å². The molecule has 96 valence electrons. The second kappa shape index (κ2) is 5.65. The molecule has 0 aliphatic heterocycles. The van der Waals surface area contributed by atoms with Gasteiger partial charge in [0.25, 0.3) is 0 Å². The highest BCUT2D eigenvalue weighted by Gasteiger charge is 2.23. The number of aliphatic hydroxyl groups is 1. The number of nitrogens with one attached hydrogen (secondary N) is 1. The van der Waals surface area contributed by atoms with Gasteiger partial charge in [0, 0.05) is 6.04 Å². The lowest BCUT2D eigenvalue weighted by Crippen LogP contribution is -2.37. The van der Waals surface area contributed by atoms with Crippen LogP contribution in [0.15, 0.2) is 12.1 Å². The minimum Gasteiger partial charge on any atom is -0.387 e. The molecule has 0 aliphatic rings. The molecule has 0 aromatic heterocycles. The van der Waals surface area contributed by atoms with Gasteiger partial charge < -0.3 is 10.4 Å². The molecule has 2 unspecified atom stereocenters. The van der Waals surface area contributed by atoms with Gasteiger partial charge in [0.05, 0.1) is 6.10 Å². The normalized spacial score (nSPS) is 15.1. The van der Waals surface area contributed by atoms with E-state index in [-0.39, 0.29) is 6.04 Å². The van der Waals surface area contributed by atoms with Gasteiger partial charge in [-0.25, -0.2) is 0 Å². The lowest BCUT2D eigenvalue weighted by atomic mass is 9.89. The van der Waals surface area contributed by atoms with E-state index in [9.17, 15) is 5.11 Å². The summed E-state index contributed by atoms with van der Waals surface area (Å²) in [5.74, 6) is 0.399. The Balaban J connectivity index is 3.11. The molecule has 2 atom stereocenters. The van der Waals surface area contributed by atoms with Crippen LogP contribution in [0.5, 0.6) is 0 Å². The third-order valence-corrected chi connectivity index (χ3v) is 3.59. The summed E-state index contributed by atoms with van der Waals surface area (Å²) in [6.45, 7) is 10.5. The van der Waals surface area contributed by atoms with Crippen LogP contribution in [0.2, 0.25) is 0 Å². The Morgan fingerprint density at radius 1 is 1.00 bits per heavy atom. The second-order valence-corrected chi connectivity index (χ2v) is 5.30. The van der Waals surface area contributed by atoms with Crippen LogP contribution in [-0.4, -0.2) is 18.2 Å². The minimum absolute atomic E-state index is 0.0933. The Kier molecular flexibility index (Phi) is 4.72. The van der Waals surface area contributed by atoms with E-state index in [0.29, 0.717) is 5.92 Å². The zero-order chi connectivity index (χ0) is 13.2. The standard InChI is InChI=1S/C15H25NO/c1-9(2)14(16-6)15(17)13-8-11(4)10(3)7-12(13)5/h7-9,14-17H,1-6H3. The van der Waals surface area contributed by atoms with Crippen molar-refractivity contribution in [1.29, 1.82) is 0 Å². The lowest BCUT2D eigenvalue weighted by Gasteiger charge is -2.27. The molecule has 0 fully saturated rings. The fourth-order valence-electron chi connectivity index (χ4n) is 2.35. The first kappa shape index (κ1) is 14.2. The first-order valence-electron chi connectivity index (χ1n) is 6.31. The molecule has 0 bridgehead atoms. The highest BCUT2D eigenvalue weighted by molar-refractivity contribution is 5.38. The van der Waals surface area contributed by atoms with Crippen LogP contribution < -0.4 is 5.32 Å². The maximum absolute atomic E-state index is 10.5. The van der Waals surface area contributed by atoms with Crippen molar-refractivity contribution in [3.05, 3.63) is 34.4 Å². The van der Waals surface area contributed by atoms with E-state index in [1.165, 1.54) is 16.7 Å². The molecule has 0 saturated heterocycles. The highest BCUT2D eigenvalue weighted by Crippen LogP contribution is 2.26. The van der Waals surface area contributed by atoms with Gasteiger partial charge in [-0.15, -0.1) is 0 Å². The average Bonchev–Trinajstić information content (AvgIpc) is 2.23. The fourth-order valence-corrected chi connectivity index (χ4v) is 2.35. The highest BCUT2D eigenvalue weighted by atomic mass is 16.3. The van der Waals surface area contributed by atoms with E-state index in [2.05, 4.69) is 52.1 Å². The van der Waals surface area contributed by atoms with Gasteiger partial charge in [-0.05, 0) is 56.0 Å². The SMILES string of the molecule is CNC(C(C)C)C(O)c1cc(C)c(C)cc1C. The number of likely N-dealkylation sites (N-methyl/N-ethyl adjacent to an activating group) is 1. The molecule has 2 heteroatoms. The summed E-state index contributed by atoms with van der Waals surface area (Å²) >= 11 is 0. The number of hydrogen-bond acceptors (Lipinski definition) is 2. The average molecular weight is 235 g/mol. The summed E-state index contributed by atoms with van der Waals surface area (Å²) in [6, 6.07) is 4.36. The maximum Gasteiger partial charge on any atom is 0.0948 e. The first-order valence-corrected chi connectivity index (χ1v) is 6.31. The van der Waals surface area contributed by atoms with Crippen molar-refractivity contribution in [1.82, 2.24) is 5.32 Å². The van der Waals surface area contributed by atoms with E-state index >= 15 is 0 Å². The Labute approximate surface area is 105 Å². The van der Waals surface area contributed by atoms with Crippen molar-refractivity contribution in [2.45, 2.75) is 46.8 Å². The fraction of sp³-hybridized carbons (Fsp3) is 0.600. The van der Waals surface area contributed by atoms with Gasteiger partial charge in [-0.3, -0.25) is 0 Å². The van der Waals surface area contributed by atoms with E-state index in [1.807, 2.05) is 7.05 Å². The van der Waals surface area contributed by atoms with Crippen LogP contribution >= 0.6 is 0 Å². The molecule has 0 spiro atoms. The smallest absolute Gasteiger partial charge is 0.0948 e. The quantitative estimate of drug-likeness (QED) is 0.841. The third-order valence-electron chi connectivity index (χ3n) is 3.59. The molecular weight excluding hydrogens is 210 g/mol. The topological polar surface area (TPSA) is 32.3 Å². The summed E-state index contributed by atoms with van der Waals surface area (Å²) < 4.78 is 0. The van der Waals surface area contributed by atoms with Crippen molar-refractivity contribution >= 4 is 0 Å². The molecular formula is C15H25NO. The number of rotatable bonds is 4. The van der Waals surface area contributed by atoms with Crippen molar-refractivity contribution < 1.29 is 5.11 Å². The van der Waals surface area contributed by atoms with Gasteiger partial charge in [-0.1, -0.05) is 26.0 Å². The Morgan fingerprint density at radius 2 is 1.53 bits per heavy atom. The van der Waals surface area contributed by atoms with E-state index in [4.69, 9.17) is 0 Å². The van der Waals surface area contributed by atoms with E-state index in [1.54, 1.807) is 0 Å². The molecule has 1 aromatic carbocycles. The Morgan fingerprint density at radius 3 is 2.00 bits per heavy atom. The molecule has 1 aromatic rings. The minimum atomic E-state index is -0.445. The van der Waals surface area contributed by atoms with Gasteiger partial charge in [0.1, 0.15) is 0 Å². The molecule has 17 heavy (non-hydrogen) atoms. The van der Waals surface area contributed by atoms with Gasteiger partial charge in [0.2, 0.25) is 0 Å². The monoisotopic (exact) mass is 235 g/mol. The van der Waals surface area contributed by atoms with Crippen LogP contribution in [0.1, 0.15) is 42.2 Å². The number of hydrogen-bond donors (Lipinski definition) is 2. The van der Waals surface area contributed by atoms with Crippen LogP contribution in [0.3, 0.4) is 0 Å². The van der Waals surface area contributed by atoms with Crippen LogP contribution in [-0.2, 0) is 0 Å². The zero-order valence-corrected chi connectivity index (χ0v) is 11.8. The first-order chi connectivity index (χ1) is 7.88. The van der Waals surface area contributed by atoms with Gasteiger partial charge in [0.15, 0.2) is 0 Å². The van der Waals surface area contributed by atoms with Gasteiger partial charge in [-0.2, -0.15) is 0 Å². The molecule has 1 rings (SSSR count). The molecule has 0 heterocycles. The summed E-state index contributed by atoms with van der Waals surface area (Å²) in [4.78, 5) is 0. The second-order valence-electron chi connectivity index (χ2n) is 5.30. The molecule has 0 saturated carbocycles. The Bertz CT molecular complexity index is 385. The molecule has 0 amide bonds. The van der Waals surface area contributed by atoms with Crippen molar-refractivity contribution in [2.24, 2.45) is 5.92 Å². The molecule has 0 radical (unpaired) electrons. The number of benzene rings is 1. The zero-order valence-electron chi connectivity index (χ0n) is 11.8. The number of aliphatic hydroxyl groups excluding tert-OH is 1. The summed E-state index contributed by atoms with van der Waals surface area (Å²) in [5.41, 5.74) is 4.73. The third kappa shape index (κ3) is 3.08. The molecule has 2 nitrogen and oxygen atoms in total. The number of aryl methyl sites for hydroxylation is 3. The molecule has 0 aliphatic carbocycles. The van der Waals surface area contributed by atoms with Gasteiger partial charge >= 0.3 is 0 Å². The van der Waals surface area contributed by atoms with Crippen molar-refractivity contribution in [3.63, 3.8) is 0 Å². The largest absolute Gasteiger partial charge is 0.387 e.